The maximum absolute atomic E-state index is 12.3. The number of nitrogens with two attached hydrogens (primary N) is 1. The maximum Gasteiger partial charge on any atom is 0.265 e. The van der Waals surface area contributed by atoms with Crippen molar-refractivity contribution in [1.29, 1.82) is 0 Å². The van der Waals surface area contributed by atoms with E-state index in [1.807, 2.05) is 0 Å². The van der Waals surface area contributed by atoms with E-state index in [4.69, 9.17) is 17.4 Å². The molecule has 0 saturated heterocycles. The molecule has 9 heteroatoms. The lowest BCUT2D eigenvalue weighted by Gasteiger charge is -2.11. The van der Waals surface area contributed by atoms with Crippen molar-refractivity contribution in [3.05, 3.63) is 46.2 Å². The number of nitrogens with zero attached hydrogens (tertiary/aromatic N) is 1. The number of nitrogens with one attached hydrogen (secondary N) is 2. The van der Waals surface area contributed by atoms with Crippen LogP contribution in [0.3, 0.4) is 0 Å². The van der Waals surface area contributed by atoms with Crippen molar-refractivity contribution >= 4 is 48.9 Å². The highest BCUT2D eigenvalue weighted by atomic mass is 79.9. The molecule has 0 amide bonds. The summed E-state index contributed by atoms with van der Waals surface area (Å²) in [5.74, 6) is 5.29. The van der Waals surface area contributed by atoms with Gasteiger partial charge in [-0.25, -0.2) is 8.42 Å². The molecule has 1 heterocycles. The summed E-state index contributed by atoms with van der Waals surface area (Å²) in [5.41, 5.74) is 2.90. The molecule has 0 unspecified atom stereocenters. The molecule has 0 aliphatic heterocycles. The zero-order chi connectivity index (χ0) is 14.8. The van der Waals surface area contributed by atoms with Crippen molar-refractivity contribution in [3.63, 3.8) is 0 Å². The van der Waals surface area contributed by atoms with Gasteiger partial charge in [0.1, 0.15) is 4.90 Å². The number of hydrazine groups is 1. The van der Waals surface area contributed by atoms with Gasteiger partial charge in [0.25, 0.3) is 10.0 Å². The predicted octanol–water partition coefficient (Wildman–Crippen LogP) is 2.58. The normalized spacial score (nSPS) is 11.2. The van der Waals surface area contributed by atoms with Crippen molar-refractivity contribution < 1.29 is 8.42 Å². The van der Waals surface area contributed by atoms with Crippen molar-refractivity contribution in [2.24, 2.45) is 5.84 Å². The van der Waals surface area contributed by atoms with Crippen LogP contribution in [0.1, 0.15) is 0 Å². The largest absolute Gasteiger partial charge is 0.323 e. The molecule has 4 N–H and O–H groups in total. The summed E-state index contributed by atoms with van der Waals surface area (Å²) >= 11 is 9.15. The standard InChI is InChI=1S/C11H10BrClN4O2S/c12-8-2-1-7(5-9(8)13)17-20(18,19)11-6-15-4-3-10(11)16-14/h1-6,17H,14H2,(H,15,16). The van der Waals surface area contributed by atoms with Crippen LogP contribution in [0.4, 0.5) is 11.4 Å². The van der Waals surface area contributed by atoms with Gasteiger partial charge in [0, 0.05) is 16.9 Å². The molecule has 2 aromatic rings. The van der Waals surface area contributed by atoms with Gasteiger partial charge in [-0.3, -0.25) is 15.5 Å². The monoisotopic (exact) mass is 376 g/mol. The molecule has 2 rings (SSSR count). The number of hydrogen-bond donors (Lipinski definition) is 3. The number of aromatic nitrogens is 1. The second-order valence-corrected chi connectivity index (χ2v) is 6.66. The van der Waals surface area contributed by atoms with Crippen molar-refractivity contribution in [2.45, 2.75) is 4.90 Å². The van der Waals surface area contributed by atoms with E-state index >= 15 is 0 Å². The van der Waals surface area contributed by atoms with Crippen molar-refractivity contribution in [3.8, 4) is 0 Å². The molecule has 0 aliphatic rings. The first-order valence-corrected chi connectivity index (χ1v) is 7.98. The fourth-order valence-corrected chi connectivity index (χ4v) is 3.07. The van der Waals surface area contributed by atoms with E-state index in [1.165, 1.54) is 24.5 Å². The summed E-state index contributed by atoms with van der Waals surface area (Å²) in [5, 5.41) is 0.397. The number of sulfonamides is 1. The van der Waals surface area contributed by atoms with Gasteiger partial charge in [0.05, 0.1) is 16.4 Å². The molecule has 0 radical (unpaired) electrons. The molecule has 0 bridgehead atoms. The summed E-state index contributed by atoms with van der Waals surface area (Å²) in [6.45, 7) is 0. The lowest BCUT2D eigenvalue weighted by molar-refractivity contribution is 0.601. The van der Waals surface area contributed by atoms with E-state index < -0.39 is 10.0 Å². The number of nitrogen functional groups attached to an aromatic ring is 1. The average molecular weight is 378 g/mol. The Morgan fingerprint density at radius 3 is 2.70 bits per heavy atom. The zero-order valence-corrected chi connectivity index (χ0v) is 13.1. The number of anilines is 2. The zero-order valence-electron chi connectivity index (χ0n) is 9.97. The molecule has 6 nitrogen and oxygen atoms in total. The summed E-state index contributed by atoms with van der Waals surface area (Å²) in [6, 6.07) is 6.18. The Morgan fingerprint density at radius 2 is 2.05 bits per heavy atom. The fraction of sp³-hybridized carbons (Fsp3) is 0. The van der Waals surface area contributed by atoms with Gasteiger partial charge in [-0.15, -0.1) is 0 Å². The van der Waals surface area contributed by atoms with Crippen LogP contribution < -0.4 is 16.0 Å². The number of halogens is 2. The molecule has 106 valence electrons. The Morgan fingerprint density at radius 1 is 1.30 bits per heavy atom. The van der Waals surface area contributed by atoms with E-state index in [0.29, 0.717) is 15.2 Å². The van der Waals surface area contributed by atoms with Crippen LogP contribution in [-0.4, -0.2) is 13.4 Å². The lowest BCUT2D eigenvalue weighted by atomic mass is 10.3. The van der Waals surface area contributed by atoms with Crippen LogP contribution in [0.2, 0.25) is 5.02 Å². The molecular formula is C11H10BrClN4O2S. The summed E-state index contributed by atoms with van der Waals surface area (Å²) in [7, 11) is -3.81. The number of rotatable bonds is 4. The Labute approximate surface area is 129 Å². The fourth-order valence-electron chi connectivity index (χ4n) is 1.48. The summed E-state index contributed by atoms with van der Waals surface area (Å²) in [4.78, 5) is 3.73. The van der Waals surface area contributed by atoms with Gasteiger partial charge in [-0.05, 0) is 40.2 Å². The van der Waals surface area contributed by atoms with Gasteiger partial charge in [-0.2, -0.15) is 0 Å². The third-order valence-electron chi connectivity index (χ3n) is 2.40. The first-order chi connectivity index (χ1) is 9.44. The van der Waals surface area contributed by atoms with E-state index in [9.17, 15) is 8.42 Å². The van der Waals surface area contributed by atoms with E-state index in [2.05, 4.69) is 31.1 Å². The minimum atomic E-state index is -3.81. The quantitative estimate of drug-likeness (QED) is 0.562. The van der Waals surface area contributed by atoms with E-state index in [0.717, 1.165) is 0 Å². The van der Waals surface area contributed by atoms with Crippen molar-refractivity contribution in [2.75, 3.05) is 10.1 Å². The van der Waals surface area contributed by atoms with Crippen LogP contribution in [0.25, 0.3) is 0 Å². The Hall–Kier alpha value is -1.35. The first-order valence-electron chi connectivity index (χ1n) is 5.32. The topological polar surface area (TPSA) is 97.1 Å². The highest BCUT2D eigenvalue weighted by Crippen LogP contribution is 2.28. The van der Waals surface area contributed by atoms with Crippen LogP contribution >= 0.6 is 27.5 Å². The van der Waals surface area contributed by atoms with Crippen LogP contribution in [0.5, 0.6) is 0 Å². The number of benzene rings is 1. The molecule has 0 saturated carbocycles. The second kappa shape index (κ2) is 5.96. The molecule has 1 aromatic carbocycles. The molecule has 20 heavy (non-hydrogen) atoms. The SMILES string of the molecule is NNc1ccncc1S(=O)(=O)Nc1ccc(Br)c(Cl)c1. The molecule has 0 aliphatic carbocycles. The Bertz CT molecular complexity index is 739. The Kier molecular flexibility index (Phi) is 4.48. The third kappa shape index (κ3) is 3.21. The van der Waals surface area contributed by atoms with Gasteiger partial charge in [-0.1, -0.05) is 11.6 Å². The van der Waals surface area contributed by atoms with Gasteiger partial charge < -0.3 is 5.43 Å². The van der Waals surface area contributed by atoms with Gasteiger partial charge in [0.15, 0.2) is 0 Å². The van der Waals surface area contributed by atoms with E-state index in [1.54, 1.807) is 12.1 Å². The highest BCUT2D eigenvalue weighted by molar-refractivity contribution is 9.10. The summed E-state index contributed by atoms with van der Waals surface area (Å²) < 4.78 is 27.6. The van der Waals surface area contributed by atoms with Crippen LogP contribution in [0.15, 0.2) is 46.0 Å². The molecule has 1 aromatic heterocycles. The average Bonchev–Trinajstić information content (AvgIpc) is 2.42. The minimum absolute atomic E-state index is 0.0541. The molecule has 0 spiro atoms. The van der Waals surface area contributed by atoms with Crippen LogP contribution in [0, 0.1) is 0 Å². The Balaban J connectivity index is 2.38. The number of pyridine rings is 1. The third-order valence-corrected chi connectivity index (χ3v) is 5.04. The van der Waals surface area contributed by atoms with Gasteiger partial charge in [0.2, 0.25) is 0 Å². The second-order valence-electron chi connectivity index (χ2n) is 3.75. The lowest BCUT2D eigenvalue weighted by Crippen LogP contribution is -2.17. The van der Waals surface area contributed by atoms with E-state index in [-0.39, 0.29) is 10.6 Å². The highest BCUT2D eigenvalue weighted by Gasteiger charge is 2.19. The minimum Gasteiger partial charge on any atom is -0.323 e. The van der Waals surface area contributed by atoms with Crippen molar-refractivity contribution in [1.82, 2.24) is 4.98 Å². The molecule has 0 fully saturated rings. The van der Waals surface area contributed by atoms with Crippen LogP contribution in [-0.2, 0) is 10.0 Å². The molecular weight excluding hydrogens is 368 g/mol. The first kappa shape index (κ1) is 15.0. The predicted molar refractivity (Wildman–Crippen MR) is 82.0 cm³/mol. The molecule has 0 atom stereocenters. The summed E-state index contributed by atoms with van der Waals surface area (Å²) in [6.07, 6.45) is 2.64. The van der Waals surface area contributed by atoms with Gasteiger partial charge >= 0.3 is 0 Å². The maximum atomic E-state index is 12.3. The smallest absolute Gasteiger partial charge is 0.265 e. The number of hydrogen-bond acceptors (Lipinski definition) is 5.